The van der Waals surface area contributed by atoms with E-state index < -0.39 is 124 Å². The highest BCUT2D eigenvalue weighted by atomic mass is 16.8. The van der Waals surface area contributed by atoms with E-state index in [2.05, 4.69) is 31.3 Å². The van der Waals surface area contributed by atoms with E-state index in [1.165, 1.54) is 89.9 Å². The van der Waals surface area contributed by atoms with Gasteiger partial charge in [-0.15, -0.1) is 0 Å². The number of nitrogens with one attached hydrogen (secondary N) is 1. The number of aliphatic hydroxyl groups excluding tert-OH is 11. The summed E-state index contributed by atoms with van der Waals surface area (Å²) in [6, 6.07) is -0.886. The molecule has 72 heavy (non-hydrogen) atoms. The maximum atomic E-state index is 13.3. The fraction of sp³-hybridized carbons (Fsp3) is 0.943. The van der Waals surface area contributed by atoms with E-state index in [0.717, 1.165) is 64.2 Å². The summed E-state index contributed by atoms with van der Waals surface area (Å²) in [7, 11) is 0. The molecule has 424 valence electrons. The Morgan fingerprint density at radius 3 is 1.35 bits per heavy atom. The highest BCUT2D eigenvalue weighted by molar-refractivity contribution is 5.76. The summed E-state index contributed by atoms with van der Waals surface area (Å²) in [6.45, 7) is 1.75. The van der Waals surface area contributed by atoms with Crippen LogP contribution in [0.15, 0.2) is 12.2 Å². The molecule has 17 atom stereocenters. The first kappa shape index (κ1) is 64.8. The van der Waals surface area contributed by atoms with Gasteiger partial charge < -0.3 is 89.9 Å². The fourth-order valence-electron chi connectivity index (χ4n) is 9.66. The minimum atomic E-state index is -1.97. The third-order valence-corrected chi connectivity index (χ3v) is 14.3. The molecule has 19 nitrogen and oxygen atoms in total. The van der Waals surface area contributed by atoms with Gasteiger partial charge in [-0.05, 0) is 38.5 Å². The number of ether oxygens (including phenoxy) is 6. The van der Waals surface area contributed by atoms with Crippen LogP contribution in [0.5, 0.6) is 0 Å². The fourth-order valence-corrected chi connectivity index (χ4v) is 9.66. The van der Waals surface area contributed by atoms with Crippen LogP contribution in [-0.4, -0.2) is 193 Å². The van der Waals surface area contributed by atoms with E-state index in [1.807, 2.05) is 0 Å². The monoisotopic (exact) mass is 1040 g/mol. The predicted molar refractivity (Wildman–Crippen MR) is 268 cm³/mol. The van der Waals surface area contributed by atoms with E-state index in [9.17, 15) is 61.0 Å². The number of hydrogen-bond donors (Lipinski definition) is 12. The molecule has 3 aliphatic rings. The second-order valence-corrected chi connectivity index (χ2v) is 20.4. The number of amides is 1. The topological polar surface area (TPSA) is 307 Å². The first-order chi connectivity index (χ1) is 34.8. The van der Waals surface area contributed by atoms with E-state index >= 15 is 0 Å². The van der Waals surface area contributed by atoms with Gasteiger partial charge in [0.2, 0.25) is 5.91 Å². The molecule has 0 aromatic heterocycles. The minimum Gasteiger partial charge on any atom is -0.394 e. The number of unbranched alkanes of at least 4 members (excludes halogenated alkanes) is 22. The normalized spacial score (nSPS) is 32.0. The average Bonchev–Trinajstić information content (AvgIpc) is 3.37. The van der Waals surface area contributed by atoms with Gasteiger partial charge in [0.25, 0.3) is 0 Å². The van der Waals surface area contributed by atoms with Crippen LogP contribution in [-0.2, 0) is 33.2 Å². The molecule has 3 fully saturated rings. The highest BCUT2D eigenvalue weighted by Gasteiger charge is 2.53. The van der Waals surface area contributed by atoms with Gasteiger partial charge in [0.1, 0.15) is 73.2 Å². The second kappa shape index (κ2) is 38.1. The van der Waals surface area contributed by atoms with Gasteiger partial charge in [-0.2, -0.15) is 0 Å². The Bertz CT molecular complexity index is 1380. The molecule has 0 aliphatic carbocycles. The summed E-state index contributed by atoms with van der Waals surface area (Å²) < 4.78 is 34.2. The van der Waals surface area contributed by atoms with E-state index in [0.29, 0.717) is 12.8 Å². The Morgan fingerprint density at radius 2 is 0.875 bits per heavy atom. The van der Waals surface area contributed by atoms with Crippen molar-refractivity contribution >= 4 is 5.91 Å². The van der Waals surface area contributed by atoms with Crippen LogP contribution in [0.1, 0.15) is 187 Å². The Kier molecular flexibility index (Phi) is 34.3. The van der Waals surface area contributed by atoms with E-state index in [-0.39, 0.29) is 18.9 Å². The maximum Gasteiger partial charge on any atom is 0.220 e. The van der Waals surface area contributed by atoms with Crippen molar-refractivity contribution in [3.05, 3.63) is 12.2 Å². The molecule has 0 bridgehead atoms. The van der Waals surface area contributed by atoms with Gasteiger partial charge >= 0.3 is 0 Å². The third kappa shape index (κ3) is 23.0. The van der Waals surface area contributed by atoms with E-state index in [1.54, 1.807) is 0 Å². The Balaban J connectivity index is 1.53. The quantitative estimate of drug-likeness (QED) is 0.0309. The standard InChI is InChI=1S/C53H99NO18/c1-3-5-7-9-11-13-15-17-19-21-23-25-27-29-31-41(59)54-36(37(58)30-28-26-24-22-20-18-16-14-12-10-8-6-4-2)35-67-51-47(65)44(62)49(39(33-56)69-51)72-53-48(66)45(63)50(40(34-57)70-53)71-52-46(64)43(61)42(60)38(32-55)68-52/h15,17,36-40,42-53,55-58,60-66H,3-14,16,18-35H2,1-2H3,(H,54,59)/b17-15-. The van der Waals surface area contributed by atoms with Crippen molar-refractivity contribution in [1.29, 1.82) is 0 Å². The van der Waals surface area contributed by atoms with Crippen LogP contribution in [0.2, 0.25) is 0 Å². The van der Waals surface area contributed by atoms with E-state index in [4.69, 9.17) is 28.4 Å². The van der Waals surface area contributed by atoms with Crippen LogP contribution in [0.4, 0.5) is 0 Å². The van der Waals surface area contributed by atoms with Crippen LogP contribution in [0.25, 0.3) is 0 Å². The lowest BCUT2D eigenvalue weighted by molar-refractivity contribution is -0.379. The molecule has 19 heteroatoms. The van der Waals surface area contributed by atoms with Gasteiger partial charge in [-0.3, -0.25) is 4.79 Å². The molecule has 3 saturated heterocycles. The number of allylic oxidation sites excluding steroid dienone is 2. The van der Waals surface area contributed by atoms with Crippen LogP contribution in [0.3, 0.4) is 0 Å². The van der Waals surface area contributed by atoms with Gasteiger partial charge in [-0.1, -0.05) is 154 Å². The largest absolute Gasteiger partial charge is 0.394 e. The molecule has 1 amide bonds. The number of rotatable bonds is 40. The summed E-state index contributed by atoms with van der Waals surface area (Å²) in [5.74, 6) is -0.253. The molecule has 0 radical (unpaired) electrons. The minimum absolute atomic E-state index is 0.253. The van der Waals surface area contributed by atoms with Gasteiger partial charge in [0.15, 0.2) is 18.9 Å². The smallest absolute Gasteiger partial charge is 0.220 e. The molecular formula is C53H99NO18. The first-order valence-electron chi connectivity index (χ1n) is 27.9. The lowest BCUT2D eigenvalue weighted by Crippen LogP contribution is -2.66. The molecule has 0 spiro atoms. The zero-order valence-corrected chi connectivity index (χ0v) is 43.7. The zero-order chi connectivity index (χ0) is 52.7. The molecule has 3 rings (SSSR count). The van der Waals surface area contributed by atoms with Gasteiger partial charge in [-0.25, -0.2) is 0 Å². The van der Waals surface area contributed by atoms with Crippen molar-refractivity contribution < 1.29 is 89.4 Å². The van der Waals surface area contributed by atoms with Gasteiger partial charge in [0.05, 0.1) is 38.6 Å². The van der Waals surface area contributed by atoms with Crippen molar-refractivity contribution in [2.24, 2.45) is 0 Å². The molecule has 0 saturated carbocycles. The number of carbonyl (C=O) groups excluding carboxylic acids is 1. The van der Waals surface area contributed by atoms with Crippen molar-refractivity contribution in [2.75, 3.05) is 26.4 Å². The Labute approximate surface area is 429 Å². The Hall–Kier alpha value is -1.47. The Morgan fingerprint density at radius 1 is 0.486 bits per heavy atom. The van der Waals surface area contributed by atoms with Crippen LogP contribution >= 0.6 is 0 Å². The summed E-state index contributed by atoms with van der Waals surface area (Å²) in [5.41, 5.74) is 0. The molecule has 3 heterocycles. The lowest BCUT2D eigenvalue weighted by atomic mass is 9.96. The average molecular weight is 1040 g/mol. The first-order valence-corrected chi connectivity index (χ1v) is 27.9. The van der Waals surface area contributed by atoms with Crippen molar-refractivity contribution in [1.82, 2.24) is 5.32 Å². The summed E-state index contributed by atoms with van der Waals surface area (Å²) in [5, 5.41) is 120. The lowest BCUT2D eigenvalue weighted by Gasteiger charge is -2.48. The number of carbonyl (C=O) groups is 1. The van der Waals surface area contributed by atoms with Crippen molar-refractivity contribution in [3.8, 4) is 0 Å². The van der Waals surface area contributed by atoms with Crippen molar-refractivity contribution in [3.63, 3.8) is 0 Å². The SMILES string of the molecule is CCCCCCC/C=C\CCCCCCCC(=O)NC(COC1OC(CO)C(OC2OC(CO)C(OC3OC(CO)C(O)C(O)C3O)C(O)C2O)C(O)C1O)C(O)CCCCCCCCCCCCCCC. The summed E-state index contributed by atoms with van der Waals surface area (Å²) >= 11 is 0. The zero-order valence-electron chi connectivity index (χ0n) is 43.7. The summed E-state index contributed by atoms with van der Waals surface area (Å²) in [4.78, 5) is 13.3. The maximum absolute atomic E-state index is 13.3. The molecule has 12 N–H and O–H groups in total. The molecule has 3 aliphatic heterocycles. The second-order valence-electron chi connectivity index (χ2n) is 20.4. The summed E-state index contributed by atoms with van der Waals surface area (Å²) in [6.07, 6.45) is 7.33. The molecule has 17 unspecified atom stereocenters. The number of hydrogen-bond acceptors (Lipinski definition) is 18. The third-order valence-electron chi connectivity index (χ3n) is 14.3. The van der Waals surface area contributed by atoms with Crippen LogP contribution in [0, 0.1) is 0 Å². The molecular weight excluding hydrogens is 939 g/mol. The highest BCUT2D eigenvalue weighted by Crippen LogP contribution is 2.33. The van der Waals surface area contributed by atoms with Crippen LogP contribution < -0.4 is 5.32 Å². The molecule has 0 aromatic carbocycles. The molecule has 0 aromatic rings. The van der Waals surface area contributed by atoms with Crippen molar-refractivity contribution in [2.45, 2.75) is 291 Å². The van der Waals surface area contributed by atoms with Gasteiger partial charge in [0, 0.05) is 6.42 Å². The number of aliphatic hydroxyl groups is 11. The predicted octanol–water partition coefficient (Wildman–Crippen LogP) is 3.43.